The molecule has 0 atom stereocenters. The van der Waals surface area contributed by atoms with Crippen molar-refractivity contribution in [3.8, 4) is 0 Å². The topological polar surface area (TPSA) is 86.7 Å². The zero-order valence-corrected chi connectivity index (χ0v) is 12.6. The molecule has 6 nitrogen and oxygen atoms in total. The normalized spacial score (nSPS) is 11.6. The van der Waals surface area contributed by atoms with Gasteiger partial charge in [0.15, 0.2) is 0 Å². The fourth-order valence-electron chi connectivity index (χ4n) is 1.65. The van der Waals surface area contributed by atoms with Crippen LogP contribution in [-0.2, 0) is 14.8 Å². The van der Waals surface area contributed by atoms with Gasteiger partial charge in [-0.05, 0) is 38.1 Å². The van der Waals surface area contributed by atoms with Gasteiger partial charge in [-0.1, -0.05) is 0 Å². The number of rotatable bonds is 7. The number of carboxylic acids is 1. The summed E-state index contributed by atoms with van der Waals surface area (Å²) < 4.78 is 26.4. The standard InChI is InChI=1S/C13H20N2O4S/c1-10(2)14-20(18,19)12-6-4-11(5-7-12)15(3)9-8-13(16)17/h4-7,10,14H,8-9H2,1-3H3,(H,16,17). The first-order valence-corrected chi connectivity index (χ1v) is 7.76. The molecule has 0 radical (unpaired) electrons. The van der Waals surface area contributed by atoms with E-state index in [4.69, 9.17) is 5.11 Å². The van der Waals surface area contributed by atoms with Crippen LogP contribution < -0.4 is 9.62 Å². The van der Waals surface area contributed by atoms with Crippen LogP contribution in [0.5, 0.6) is 0 Å². The smallest absolute Gasteiger partial charge is 0.305 e. The van der Waals surface area contributed by atoms with Gasteiger partial charge in [-0.25, -0.2) is 13.1 Å². The number of anilines is 1. The largest absolute Gasteiger partial charge is 0.481 e. The Morgan fingerprint density at radius 2 is 1.85 bits per heavy atom. The molecule has 20 heavy (non-hydrogen) atoms. The van der Waals surface area contributed by atoms with Crippen LogP contribution in [-0.4, -0.2) is 39.1 Å². The Hall–Kier alpha value is -1.60. The number of hydrogen-bond acceptors (Lipinski definition) is 4. The van der Waals surface area contributed by atoms with Gasteiger partial charge in [-0.3, -0.25) is 4.79 Å². The second-order valence-corrected chi connectivity index (χ2v) is 6.55. The SMILES string of the molecule is CC(C)NS(=O)(=O)c1ccc(N(C)CCC(=O)O)cc1. The number of nitrogens with zero attached hydrogens (tertiary/aromatic N) is 1. The third-order valence-corrected chi connectivity index (χ3v) is 4.31. The van der Waals surface area contributed by atoms with Gasteiger partial charge in [-0.15, -0.1) is 0 Å². The van der Waals surface area contributed by atoms with Crippen LogP contribution in [0.15, 0.2) is 29.2 Å². The Balaban J connectivity index is 2.81. The highest BCUT2D eigenvalue weighted by Gasteiger charge is 2.15. The third-order valence-electron chi connectivity index (χ3n) is 2.64. The Kier molecular flexibility index (Phi) is 5.52. The van der Waals surface area contributed by atoms with Gasteiger partial charge in [0.05, 0.1) is 11.3 Å². The van der Waals surface area contributed by atoms with E-state index in [1.165, 1.54) is 12.1 Å². The monoisotopic (exact) mass is 300 g/mol. The van der Waals surface area contributed by atoms with E-state index in [9.17, 15) is 13.2 Å². The summed E-state index contributed by atoms with van der Waals surface area (Å²) in [5, 5.41) is 8.63. The Bertz CT molecular complexity index is 552. The summed E-state index contributed by atoms with van der Waals surface area (Å²) in [6.45, 7) is 3.88. The highest BCUT2D eigenvalue weighted by Crippen LogP contribution is 2.17. The van der Waals surface area contributed by atoms with Crippen molar-refractivity contribution < 1.29 is 18.3 Å². The molecule has 7 heteroatoms. The summed E-state index contributed by atoms with van der Waals surface area (Å²) in [5.74, 6) is -0.864. The van der Waals surface area contributed by atoms with Crippen molar-refractivity contribution in [2.45, 2.75) is 31.2 Å². The second-order valence-electron chi connectivity index (χ2n) is 4.84. The number of sulfonamides is 1. The van der Waals surface area contributed by atoms with Crippen LogP contribution in [0, 0.1) is 0 Å². The number of hydrogen-bond donors (Lipinski definition) is 2. The molecule has 0 aliphatic carbocycles. The molecular weight excluding hydrogens is 280 g/mol. The van der Waals surface area contributed by atoms with E-state index in [1.54, 1.807) is 37.9 Å². The van der Waals surface area contributed by atoms with Crippen molar-refractivity contribution in [2.24, 2.45) is 0 Å². The summed E-state index contributed by atoms with van der Waals surface area (Å²) in [4.78, 5) is 12.5. The van der Waals surface area contributed by atoms with Crippen molar-refractivity contribution >= 4 is 21.7 Å². The van der Waals surface area contributed by atoms with Crippen molar-refractivity contribution in [1.29, 1.82) is 0 Å². The van der Waals surface area contributed by atoms with Gasteiger partial charge in [0.25, 0.3) is 0 Å². The molecule has 1 rings (SSSR count). The first kappa shape index (κ1) is 16.5. The van der Waals surface area contributed by atoms with Crippen LogP contribution in [0.25, 0.3) is 0 Å². The van der Waals surface area contributed by atoms with Gasteiger partial charge < -0.3 is 10.0 Å². The Morgan fingerprint density at radius 3 is 2.30 bits per heavy atom. The van der Waals surface area contributed by atoms with Crippen LogP contribution in [0.2, 0.25) is 0 Å². The molecule has 0 heterocycles. The van der Waals surface area contributed by atoms with Gasteiger partial charge in [0.2, 0.25) is 10.0 Å². The summed E-state index contributed by atoms with van der Waals surface area (Å²) in [6.07, 6.45) is 0.0332. The number of nitrogens with one attached hydrogen (secondary N) is 1. The Morgan fingerprint density at radius 1 is 1.30 bits per heavy atom. The minimum absolute atomic E-state index is 0.0332. The van der Waals surface area contributed by atoms with Crippen LogP contribution in [0.3, 0.4) is 0 Å². The molecule has 0 aliphatic rings. The lowest BCUT2D eigenvalue weighted by atomic mass is 10.3. The molecule has 0 amide bonds. The van der Waals surface area contributed by atoms with E-state index in [0.29, 0.717) is 6.54 Å². The van der Waals surface area contributed by atoms with Crippen LogP contribution in [0.1, 0.15) is 20.3 Å². The minimum Gasteiger partial charge on any atom is -0.481 e. The summed E-state index contributed by atoms with van der Waals surface area (Å²) in [7, 11) is -1.73. The molecule has 0 fully saturated rings. The lowest BCUT2D eigenvalue weighted by Crippen LogP contribution is -2.30. The molecule has 0 saturated heterocycles. The molecule has 0 unspecified atom stereocenters. The lowest BCUT2D eigenvalue weighted by molar-refractivity contribution is -0.136. The van der Waals surface area contributed by atoms with E-state index in [-0.39, 0.29) is 17.4 Å². The maximum atomic E-state index is 11.9. The number of aliphatic carboxylic acids is 1. The molecule has 1 aromatic rings. The molecule has 0 saturated carbocycles. The van der Waals surface area contributed by atoms with Crippen LogP contribution >= 0.6 is 0 Å². The van der Waals surface area contributed by atoms with Crippen molar-refractivity contribution in [2.75, 3.05) is 18.5 Å². The summed E-state index contributed by atoms with van der Waals surface area (Å²) in [5.41, 5.74) is 0.773. The third kappa shape index (κ3) is 4.82. The van der Waals surface area contributed by atoms with E-state index in [2.05, 4.69) is 4.72 Å². The number of carbonyl (C=O) groups is 1. The molecule has 112 valence electrons. The molecular formula is C13H20N2O4S. The molecule has 2 N–H and O–H groups in total. The van der Waals surface area contributed by atoms with Gasteiger partial charge in [0.1, 0.15) is 0 Å². The maximum Gasteiger partial charge on any atom is 0.305 e. The second kappa shape index (κ2) is 6.71. The van der Waals surface area contributed by atoms with Crippen LogP contribution in [0.4, 0.5) is 5.69 Å². The molecule has 0 aliphatic heterocycles. The summed E-state index contributed by atoms with van der Waals surface area (Å²) >= 11 is 0. The lowest BCUT2D eigenvalue weighted by Gasteiger charge is -2.18. The Labute approximate surface area is 119 Å². The number of carboxylic acid groups (broad SMARTS) is 1. The first-order valence-electron chi connectivity index (χ1n) is 6.27. The van der Waals surface area contributed by atoms with E-state index in [0.717, 1.165) is 5.69 Å². The molecule has 0 aromatic heterocycles. The first-order chi connectivity index (χ1) is 9.22. The van der Waals surface area contributed by atoms with Gasteiger partial charge in [0, 0.05) is 25.3 Å². The van der Waals surface area contributed by atoms with Gasteiger partial charge >= 0.3 is 5.97 Å². The highest BCUT2D eigenvalue weighted by atomic mass is 32.2. The molecule has 0 bridgehead atoms. The maximum absolute atomic E-state index is 11.9. The fraction of sp³-hybridized carbons (Fsp3) is 0.462. The highest BCUT2D eigenvalue weighted by molar-refractivity contribution is 7.89. The predicted octanol–water partition coefficient (Wildman–Crippen LogP) is 1.28. The van der Waals surface area contributed by atoms with E-state index in [1.807, 2.05) is 0 Å². The molecule has 1 aromatic carbocycles. The van der Waals surface area contributed by atoms with Gasteiger partial charge in [-0.2, -0.15) is 0 Å². The zero-order valence-electron chi connectivity index (χ0n) is 11.8. The zero-order chi connectivity index (χ0) is 15.3. The minimum atomic E-state index is -3.49. The molecule has 0 spiro atoms. The summed E-state index contributed by atoms with van der Waals surface area (Å²) in [6, 6.07) is 6.18. The fourth-order valence-corrected chi connectivity index (χ4v) is 2.90. The quantitative estimate of drug-likeness (QED) is 0.792. The van der Waals surface area contributed by atoms with Crippen molar-refractivity contribution in [3.63, 3.8) is 0 Å². The van der Waals surface area contributed by atoms with Crippen molar-refractivity contribution in [1.82, 2.24) is 4.72 Å². The predicted molar refractivity (Wildman–Crippen MR) is 77.4 cm³/mol. The van der Waals surface area contributed by atoms with E-state index < -0.39 is 16.0 Å². The average molecular weight is 300 g/mol. The van der Waals surface area contributed by atoms with Crippen molar-refractivity contribution in [3.05, 3.63) is 24.3 Å². The van der Waals surface area contributed by atoms with E-state index >= 15 is 0 Å². The average Bonchev–Trinajstić information content (AvgIpc) is 2.34. The number of benzene rings is 1.